The molecule has 0 fully saturated rings. The highest BCUT2D eigenvalue weighted by atomic mass is 35.5. The molecule has 0 bridgehead atoms. The number of pyridine rings is 1. The van der Waals surface area contributed by atoms with E-state index in [1.807, 2.05) is 54.6 Å². The highest BCUT2D eigenvalue weighted by Gasteiger charge is 2.30. The molecule has 11 heteroatoms. The fourth-order valence-electron chi connectivity index (χ4n) is 6.61. The third kappa shape index (κ3) is 8.81. The molecule has 5 aromatic rings. The predicted molar refractivity (Wildman–Crippen MR) is 192 cm³/mol. The van der Waals surface area contributed by atoms with Crippen molar-refractivity contribution in [2.75, 3.05) is 13.1 Å². The van der Waals surface area contributed by atoms with Gasteiger partial charge in [-0.3, -0.25) is 4.90 Å². The van der Waals surface area contributed by atoms with E-state index in [9.17, 15) is 33.0 Å². The number of aryl methyl sites for hydroxylation is 1. The van der Waals surface area contributed by atoms with Gasteiger partial charge in [0, 0.05) is 35.4 Å². The number of alkyl halides is 3. The van der Waals surface area contributed by atoms with E-state index in [-0.39, 0.29) is 23.9 Å². The van der Waals surface area contributed by atoms with Gasteiger partial charge in [-0.25, -0.2) is 14.6 Å². The van der Waals surface area contributed by atoms with Crippen molar-refractivity contribution in [1.29, 1.82) is 0 Å². The Morgan fingerprint density at radius 3 is 2.23 bits per heavy atom. The fraction of sp³-hybridized carbons (Fsp3) is 0.244. The molecule has 4 aromatic carbocycles. The molecule has 268 valence electrons. The van der Waals surface area contributed by atoms with Crippen LogP contribution in [0.4, 0.5) is 13.2 Å². The number of hydrogen-bond acceptors (Lipinski definition) is 5. The van der Waals surface area contributed by atoms with Crippen LogP contribution in [-0.4, -0.2) is 45.1 Å². The van der Waals surface area contributed by atoms with Crippen LogP contribution in [0.15, 0.2) is 103 Å². The molecule has 0 radical (unpaired) electrons. The van der Waals surface area contributed by atoms with Crippen molar-refractivity contribution in [3.8, 4) is 16.9 Å². The molecule has 0 spiro atoms. The first kappa shape index (κ1) is 36.6. The van der Waals surface area contributed by atoms with Gasteiger partial charge >= 0.3 is 18.1 Å². The first-order valence-electron chi connectivity index (χ1n) is 16.9. The Morgan fingerprint density at radius 1 is 0.827 bits per heavy atom. The minimum atomic E-state index is -4.41. The third-order valence-corrected chi connectivity index (χ3v) is 9.78. The van der Waals surface area contributed by atoms with Gasteiger partial charge in [0.05, 0.1) is 11.1 Å². The number of aromatic carboxylic acids is 2. The zero-order valence-corrected chi connectivity index (χ0v) is 28.8. The van der Waals surface area contributed by atoms with Gasteiger partial charge in [0.15, 0.2) is 0 Å². The van der Waals surface area contributed by atoms with E-state index in [4.69, 9.17) is 16.3 Å². The number of aromatic nitrogens is 1. The zero-order chi connectivity index (χ0) is 36.8. The molecular weight excluding hydrogens is 693 g/mol. The quantitative estimate of drug-likeness (QED) is 0.125. The maximum absolute atomic E-state index is 13.0. The number of nitrogens with zero attached hydrogens (tertiary/aromatic N) is 2. The van der Waals surface area contributed by atoms with Gasteiger partial charge in [-0.05, 0) is 102 Å². The lowest BCUT2D eigenvalue weighted by molar-refractivity contribution is -0.137. The van der Waals surface area contributed by atoms with Crippen molar-refractivity contribution in [1.82, 2.24) is 9.88 Å². The Hall–Kier alpha value is -5.19. The summed E-state index contributed by atoms with van der Waals surface area (Å²) in [6, 6.07) is 28.4. The molecule has 1 aliphatic rings. The van der Waals surface area contributed by atoms with Crippen LogP contribution in [0.3, 0.4) is 0 Å². The minimum Gasteiger partial charge on any atom is -0.489 e. The van der Waals surface area contributed by atoms with Gasteiger partial charge < -0.3 is 14.9 Å². The number of fused-ring (bicyclic) bond motifs is 1. The summed E-state index contributed by atoms with van der Waals surface area (Å²) in [4.78, 5) is 29.8. The molecule has 6 rings (SSSR count). The van der Waals surface area contributed by atoms with E-state index in [0.29, 0.717) is 54.3 Å². The third-order valence-electron chi connectivity index (χ3n) is 9.43. The average molecular weight is 729 g/mol. The second kappa shape index (κ2) is 16.0. The highest BCUT2D eigenvalue weighted by molar-refractivity contribution is 6.31. The van der Waals surface area contributed by atoms with E-state index in [2.05, 4.69) is 9.88 Å². The Balaban J connectivity index is 1.17. The molecule has 0 saturated heterocycles. The standard InChI is InChI=1S/C41H36ClF3N2O5/c42-34-24-30(27-14-16-32(17-15-27)41(43,44)45)12-13-31(34)25-52-38-7-2-1-4-28(38)21-23-47(22-20-26-8-10-29(11-9-26)39(48)49)37-6-3-5-35-33(37)18-19-36(46-35)40(50)51/h1-2,4,7-19,24,37H,3,5-6,20-23,25H2,(H,48,49)(H,50,51)/t37-/m1/s1. The van der Waals surface area contributed by atoms with Crippen molar-refractivity contribution in [3.63, 3.8) is 0 Å². The Bertz CT molecular complexity index is 2050. The van der Waals surface area contributed by atoms with Crippen molar-refractivity contribution >= 4 is 23.5 Å². The normalized spacial score (nSPS) is 14.2. The Kier molecular flexibility index (Phi) is 11.3. The van der Waals surface area contributed by atoms with Gasteiger partial charge in [0.1, 0.15) is 18.1 Å². The van der Waals surface area contributed by atoms with Gasteiger partial charge in [0.2, 0.25) is 0 Å². The first-order valence-corrected chi connectivity index (χ1v) is 17.3. The Labute approximate surface area is 304 Å². The van der Waals surface area contributed by atoms with E-state index in [1.165, 1.54) is 12.1 Å². The van der Waals surface area contributed by atoms with Crippen molar-refractivity contribution < 1.29 is 37.7 Å². The summed E-state index contributed by atoms with van der Waals surface area (Å²) in [5, 5.41) is 19.3. The molecule has 2 N–H and O–H groups in total. The fourth-order valence-corrected chi connectivity index (χ4v) is 6.84. The summed E-state index contributed by atoms with van der Waals surface area (Å²) in [5.74, 6) is -1.33. The van der Waals surface area contributed by atoms with Crippen molar-refractivity contribution in [2.24, 2.45) is 0 Å². The van der Waals surface area contributed by atoms with Gasteiger partial charge in [-0.2, -0.15) is 13.2 Å². The number of rotatable bonds is 13. The number of para-hydroxylation sites is 1. The number of benzene rings is 4. The monoisotopic (exact) mass is 728 g/mol. The lowest BCUT2D eigenvalue weighted by Crippen LogP contribution is -2.35. The lowest BCUT2D eigenvalue weighted by Gasteiger charge is -2.36. The molecule has 0 aliphatic heterocycles. The maximum Gasteiger partial charge on any atom is 0.416 e. The first-order chi connectivity index (χ1) is 25.0. The molecule has 1 aromatic heterocycles. The van der Waals surface area contributed by atoms with Crippen LogP contribution in [0.25, 0.3) is 11.1 Å². The van der Waals surface area contributed by atoms with Crippen molar-refractivity contribution in [2.45, 2.75) is 50.9 Å². The van der Waals surface area contributed by atoms with Crippen LogP contribution in [0.5, 0.6) is 5.75 Å². The molecule has 0 saturated carbocycles. The van der Waals surface area contributed by atoms with E-state index < -0.39 is 23.7 Å². The van der Waals surface area contributed by atoms with Crippen LogP contribution >= 0.6 is 11.6 Å². The molecular formula is C41H36ClF3N2O5. The second-order valence-corrected chi connectivity index (χ2v) is 13.2. The van der Waals surface area contributed by atoms with Gasteiger partial charge in [-0.15, -0.1) is 0 Å². The van der Waals surface area contributed by atoms with Crippen LogP contribution in [0, 0.1) is 0 Å². The maximum atomic E-state index is 13.0. The molecule has 7 nitrogen and oxygen atoms in total. The molecule has 1 aliphatic carbocycles. The number of carbonyl (C=O) groups is 2. The number of hydrogen-bond donors (Lipinski definition) is 2. The van der Waals surface area contributed by atoms with Gasteiger partial charge in [0.25, 0.3) is 0 Å². The van der Waals surface area contributed by atoms with Crippen LogP contribution < -0.4 is 4.74 Å². The molecule has 0 unspecified atom stereocenters. The number of ether oxygens (including phenoxy) is 1. The lowest BCUT2D eigenvalue weighted by atomic mass is 9.89. The Morgan fingerprint density at radius 2 is 1.54 bits per heavy atom. The van der Waals surface area contributed by atoms with E-state index >= 15 is 0 Å². The smallest absolute Gasteiger partial charge is 0.416 e. The summed E-state index contributed by atoms with van der Waals surface area (Å²) in [6.45, 7) is 1.54. The number of carboxylic acid groups (broad SMARTS) is 2. The molecule has 0 amide bonds. The summed E-state index contributed by atoms with van der Waals surface area (Å²) < 4.78 is 45.3. The van der Waals surface area contributed by atoms with Crippen LogP contribution in [0.1, 0.15) is 73.2 Å². The average Bonchev–Trinajstić information content (AvgIpc) is 3.14. The predicted octanol–water partition coefficient (Wildman–Crippen LogP) is 9.56. The molecule has 1 atom stereocenters. The van der Waals surface area contributed by atoms with Crippen molar-refractivity contribution in [3.05, 3.63) is 153 Å². The topological polar surface area (TPSA) is 100.0 Å². The van der Waals surface area contributed by atoms with Crippen LogP contribution in [-0.2, 0) is 32.0 Å². The summed E-state index contributed by atoms with van der Waals surface area (Å²) in [5.41, 5.74) is 5.42. The minimum absolute atomic E-state index is 0.0208. The number of carboxylic acids is 2. The van der Waals surface area contributed by atoms with E-state index in [0.717, 1.165) is 52.9 Å². The molecule has 1 heterocycles. The molecule has 52 heavy (non-hydrogen) atoms. The van der Waals surface area contributed by atoms with Crippen LogP contribution in [0.2, 0.25) is 5.02 Å². The summed E-state index contributed by atoms with van der Waals surface area (Å²) in [7, 11) is 0. The highest BCUT2D eigenvalue weighted by Crippen LogP contribution is 2.35. The largest absolute Gasteiger partial charge is 0.489 e. The summed E-state index contributed by atoms with van der Waals surface area (Å²) in [6.07, 6.45) is -0.598. The summed E-state index contributed by atoms with van der Waals surface area (Å²) >= 11 is 6.62. The second-order valence-electron chi connectivity index (χ2n) is 12.8. The zero-order valence-electron chi connectivity index (χ0n) is 28.1. The number of halogens is 4. The van der Waals surface area contributed by atoms with E-state index in [1.54, 1.807) is 24.3 Å². The van der Waals surface area contributed by atoms with Gasteiger partial charge in [-0.1, -0.05) is 72.3 Å². The SMILES string of the molecule is O=C(O)c1ccc(CCN(CCc2ccccc2OCc2ccc(-c3ccc(C(F)(F)F)cc3)cc2Cl)[C@@H]2CCCc3nc(C(=O)O)ccc32)cc1.